The number of allylic oxidation sites excluding steroid dienone is 1. The lowest BCUT2D eigenvalue weighted by molar-refractivity contribution is -0.129. The molecule has 9 heteroatoms. The Morgan fingerprint density at radius 3 is 2.61 bits per heavy atom. The van der Waals surface area contributed by atoms with Crippen LogP contribution in [0.2, 0.25) is 0 Å². The van der Waals surface area contributed by atoms with E-state index >= 15 is 4.39 Å². The van der Waals surface area contributed by atoms with Crippen molar-refractivity contribution >= 4 is 34.6 Å². The van der Waals surface area contributed by atoms with Crippen LogP contribution < -0.4 is 10.3 Å². The van der Waals surface area contributed by atoms with Crippen LogP contribution in [0.5, 0.6) is 0 Å². The number of rotatable bonds is 5. The Labute approximate surface area is 190 Å². The van der Waals surface area contributed by atoms with E-state index in [0.29, 0.717) is 38.4 Å². The minimum absolute atomic E-state index is 0.0174. The second-order valence-corrected chi connectivity index (χ2v) is 7.80. The van der Waals surface area contributed by atoms with Gasteiger partial charge in [-0.1, -0.05) is 6.07 Å². The number of piperazine rings is 1. The third-order valence-corrected chi connectivity index (χ3v) is 5.73. The maximum absolute atomic E-state index is 15.0. The third-order valence-electron chi connectivity index (χ3n) is 5.73. The number of ketones is 1. The van der Waals surface area contributed by atoms with Crippen LogP contribution >= 0.6 is 0 Å². The van der Waals surface area contributed by atoms with E-state index in [1.54, 1.807) is 45.0 Å². The van der Waals surface area contributed by atoms with Gasteiger partial charge in [0.05, 0.1) is 10.9 Å². The molecule has 0 aromatic carbocycles. The zero-order chi connectivity index (χ0) is 23.5. The number of nitrogens with zero attached hydrogens (tertiary/aromatic N) is 5. The van der Waals surface area contributed by atoms with Crippen molar-refractivity contribution in [2.24, 2.45) is 0 Å². The fourth-order valence-corrected chi connectivity index (χ4v) is 3.88. The first-order valence-electron chi connectivity index (χ1n) is 10.8. The first-order valence-corrected chi connectivity index (χ1v) is 10.8. The molecule has 0 saturated carbocycles. The van der Waals surface area contributed by atoms with Crippen LogP contribution in [0.3, 0.4) is 0 Å². The van der Waals surface area contributed by atoms with E-state index in [1.165, 1.54) is 19.2 Å². The minimum Gasteiger partial charge on any atom is -0.351 e. The quantitative estimate of drug-likeness (QED) is 0.439. The van der Waals surface area contributed by atoms with Gasteiger partial charge in [-0.15, -0.1) is 0 Å². The van der Waals surface area contributed by atoms with Crippen molar-refractivity contribution in [1.82, 2.24) is 19.4 Å². The number of fused-ring (bicyclic) bond motifs is 1. The molecule has 0 spiro atoms. The van der Waals surface area contributed by atoms with Gasteiger partial charge in [0.1, 0.15) is 5.65 Å². The lowest BCUT2D eigenvalue weighted by Gasteiger charge is -2.35. The van der Waals surface area contributed by atoms with E-state index in [0.717, 1.165) is 11.6 Å². The summed E-state index contributed by atoms with van der Waals surface area (Å²) < 4.78 is 16.7. The van der Waals surface area contributed by atoms with E-state index < -0.39 is 17.0 Å². The lowest BCUT2D eigenvalue weighted by atomic mass is 10.1. The molecule has 0 N–H and O–H groups in total. The highest BCUT2D eigenvalue weighted by Gasteiger charge is 2.24. The highest BCUT2D eigenvalue weighted by Crippen LogP contribution is 2.23. The molecule has 33 heavy (non-hydrogen) atoms. The summed E-state index contributed by atoms with van der Waals surface area (Å²) in [5, 5.41) is 0.0566. The molecule has 0 radical (unpaired) electrons. The summed E-state index contributed by atoms with van der Waals surface area (Å²) in [6.07, 6.45) is 7.60. The fraction of sp³-hybridized carbons (Fsp3) is 0.292. The average molecular weight is 449 g/mol. The van der Waals surface area contributed by atoms with Crippen LogP contribution in [0.4, 0.5) is 10.2 Å². The maximum atomic E-state index is 15.0. The summed E-state index contributed by atoms with van der Waals surface area (Å²) >= 11 is 0. The summed E-state index contributed by atoms with van der Waals surface area (Å²) in [5.41, 5.74) is 0.439. The number of carbonyl (C=O) groups excluding carboxylic acids is 2. The van der Waals surface area contributed by atoms with E-state index in [2.05, 4.69) is 9.97 Å². The smallest absolute Gasteiger partial charge is 0.219 e. The molecule has 4 rings (SSSR count). The van der Waals surface area contributed by atoms with Crippen molar-refractivity contribution < 1.29 is 14.0 Å². The zero-order valence-corrected chi connectivity index (χ0v) is 18.5. The average Bonchev–Trinajstić information content (AvgIpc) is 2.83. The van der Waals surface area contributed by atoms with Gasteiger partial charge in [-0.3, -0.25) is 19.4 Å². The Kier molecular flexibility index (Phi) is 6.30. The highest BCUT2D eigenvalue weighted by atomic mass is 19.1. The Balaban J connectivity index is 1.70. The van der Waals surface area contributed by atoms with Gasteiger partial charge in [-0.05, 0) is 36.8 Å². The summed E-state index contributed by atoms with van der Waals surface area (Å²) in [7, 11) is 0. The van der Waals surface area contributed by atoms with Crippen molar-refractivity contribution in [3.63, 3.8) is 0 Å². The summed E-state index contributed by atoms with van der Waals surface area (Å²) in [5.74, 6) is -0.981. The number of halogens is 1. The molecule has 1 aliphatic heterocycles. The largest absolute Gasteiger partial charge is 0.351 e. The molecule has 0 unspecified atom stereocenters. The number of anilines is 1. The number of pyridine rings is 3. The van der Waals surface area contributed by atoms with E-state index in [1.807, 2.05) is 6.92 Å². The molecule has 1 aliphatic rings. The predicted octanol–water partition coefficient (Wildman–Crippen LogP) is 2.52. The summed E-state index contributed by atoms with van der Waals surface area (Å²) in [4.78, 5) is 49.3. The number of aromatic nitrogens is 3. The van der Waals surface area contributed by atoms with Gasteiger partial charge in [-0.25, -0.2) is 9.37 Å². The van der Waals surface area contributed by atoms with Crippen molar-refractivity contribution in [1.29, 1.82) is 0 Å². The molecule has 0 bridgehead atoms. The van der Waals surface area contributed by atoms with Crippen LogP contribution in [0.15, 0.2) is 47.7 Å². The number of hydrogen-bond donors (Lipinski definition) is 0. The van der Waals surface area contributed by atoms with Crippen LogP contribution in [-0.2, 0) is 11.3 Å². The topological polar surface area (TPSA) is 88.4 Å². The molecule has 1 fully saturated rings. The van der Waals surface area contributed by atoms with Gasteiger partial charge in [0.2, 0.25) is 11.3 Å². The first-order chi connectivity index (χ1) is 15.9. The van der Waals surface area contributed by atoms with E-state index in [-0.39, 0.29) is 22.7 Å². The lowest BCUT2D eigenvalue weighted by Crippen LogP contribution is -2.48. The van der Waals surface area contributed by atoms with Crippen molar-refractivity contribution in [2.75, 3.05) is 31.1 Å². The molecule has 1 saturated heterocycles. The zero-order valence-electron chi connectivity index (χ0n) is 18.5. The van der Waals surface area contributed by atoms with Crippen molar-refractivity contribution in [3.8, 4) is 0 Å². The third kappa shape index (κ3) is 4.52. The van der Waals surface area contributed by atoms with Gasteiger partial charge in [-0.2, -0.15) is 0 Å². The molecule has 0 aliphatic carbocycles. The van der Waals surface area contributed by atoms with Gasteiger partial charge < -0.3 is 14.4 Å². The summed E-state index contributed by atoms with van der Waals surface area (Å²) in [6, 6.07) is 4.69. The second kappa shape index (κ2) is 9.32. The Morgan fingerprint density at radius 1 is 1.21 bits per heavy atom. The van der Waals surface area contributed by atoms with E-state index in [9.17, 15) is 14.4 Å². The van der Waals surface area contributed by atoms with Gasteiger partial charge in [0, 0.05) is 58.2 Å². The molecule has 8 nitrogen and oxygen atoms in total. The number of aryl methyl sites for hydroxylation is 1. The van der Waals surface area contributed by atoms with E-state index in [4.69, 9.17) is 0 Å². The molecular weight excluding hydrogens is 425 g/mol. The summed E-state index contributed by atoms with van der Waals surface area (Å²) in [6.45, 7) is 5.66. The molecule has 1 amide bonds. The molecule has 4 heterocycles. The predicted molar refractivity (Wildman–Crippen MR) is 124 cm³/mol. The van der Waals surface area contributed by atoms with Gasteiger partial charge in [0.25, 0.3) is 0 Å². The standard InChI is InChI=1S/C24H24FN5O3/c1-3-28-15-19(21(32)7-6-17-5-4-8-26-14-17)22(33)18-13-20(25)24(27-23(18)28)30-11-9-29(10-12-30)16(2)31/h4-8,13-15H,3,9-12H2,1-2H3. The van der Waals surface area contributed by atoms with Gasteiger partial charge in [0.15, 0.2) is 17.4 Å². The van der Waals surface area contributed by atoms with Crippen LogP contribution in [-0.4, -0.2) is 57.3 Å². The monoisotopic (exact) mass is 449 g/mol. The molecular formula is C24H24FN5O3. The molecule has 0 atom stereocenters. The Morgan fingerprint density at radius 2 is 1.97 bits per heavy atom. The van der Waals surface area contributed by atoms with Crippen molar-refractivity contribution in [3.05, 3.63) is 70.0 Å². The molecule has 170 valence electrons. The van der Waals surface area contributed by atoms with Crippen molar-refractivity contribution in [2.45, 2.75) is 20.4 Å². The van der Waals surface area contributed by atoms with Gasteiger partial charge >= 0.3 is 0 Å². The molecule has 3 aromatic rings. The Hall–Kier alpha value is -3.88. The highest BCUT2D eigenvalue weighted by molar-refractivity contribution is 6.08. The number of amides is 1. The Bertz CT molecular complexity index is 1290. The minimum atomic E-state index is -0.631. The van der Waals surface area contributed by atoms with Crippen LogP contribution in [0.1, 0.15) is 29.8 Å². The number of hydrogen-bond acceptors (Lipinski definition) is 6. The maximum Gasteiger partial charge on any atom is 0.219 e. The molecule has 3 aromatic heterocycles. The normalized spacial score (nSPS) is 14.3. The first kappa shape index (κ1) is 22.3. The SMILES string of the molecule is CCn1cc(C(=O)C=Cc2cccnc2)c(=O)c2cc(F)c(N3CCN(C(C)=O)CC3)nc21. The fourth-order valence-electron chi connectivity index (χ4n) is 3.88. The second-order valence-electron chi connectivity index (χ2n) is 7.80. The van der Waals surface area contributed by atoms with Crippen LogP contribution in [0.25, 0.3) is 17.1 Å². The van der Waals surface area contributed by atoms with Crippen LogP contribution in [0, 0.1) is 5.82 Å². The number of carbonyl (C=O) groups is 2.